The van der Waals surface area contributed by atoms with Gasteiger partial charge in [0.2, 0.25) is 5.91 Å². The Morgan fingerprint density at radius 2 is 1.81 bits per heavy atom. The molecule has 21 heavy (non-hydrogen) atoms. The Balaban J connectivity index is 2.30. The minimum absolute atomic E-state index is 0.0510. The quantitative estimate of drug-likeness (QED) is 0.706. The molecule has 3 amide bonds. The molecule has 0 radical (unpaired) electrons. The van der Waals surface area contributed by atoms with Gasteiger partial charge in [0.1, 0.15) is 0 Å². The van der Waals surface area contributed by atoms with E-state index in [0.29, 0.717) is 37.9 Å². The van der Waals surface area contributed by atoms with Crippen LogP contribution < -0.4 is 5.32 Å². The predicted octanol–water partition coefficient (Wildman–Crippen LogP) is 0.750. The van der Waals surface area contributed by atoms with Crippen molar-refractivity contribution in [3.05, 3.63) is 0 Å². The molecule has 1 aliphatic heterocycles. The fourth-order valence-electron chi connectivity index (χ4n) is 2.61. The lowest BCUT2D eigenvalue weighted by Crippen LogP contribution is -2.43. The second-order valence-electron chi connectivity index (χ2n) is 5.87. The van der Waals surface area contributed by atoms with E-state index in [4.69, 9.17) is 5.11 Å². The van der Waals surface area contributed by atoms with Crippen molar-refractivity contribution in [1.82, 2.24) is 15.1 Å². The van der Waals surface area contributed by atoms with Crippen molar-refractivity contribution in [2.45, 2.75) is 38.6 Å². The second-order valence-corrected chi connectivity index (χ2v) is 5.87. The third kappa shape index (κ3) is 5.71. The molecule has 2 N–H and O–H groups in total. The number of carbonyl (C=O) groups is 3. The van der Waals surface area contributed by atoms with Crippen LogP contribution in [0.3, 0.4) is 0 Å². The van der Waals surface area contributed by atoms with Gasteiger partial charge in [-0.3, -0.25) is 14.9 Å². The number of imide groups is 1. The van der Waals surface area contributed by atoms with Crippen LogP contribution in [0.15, 0.2) is 0 Å². The summed E-state index contributed by atoms with van der Waals surface area (Å²) < 4.78 is 0. The average molecular weight is 299 g/mol. The highest BCUT2D eigenvalue weighted by atomic mass is 16.4. The molecule has 1 aliphatic rings. The Labute approximate surface area is 125 Å². The van der Waals surface area contributed by atoms with E-state index >= 15 is 0 Å². The fourth-order valence-corrected chi connectivity index (χ4v) is 2.61. The van der Waals surface area contributed by atoms with Gasteiger partial charge in [-0.05, 0) is 32.9 Å². The minimum atomic E-state index is -0.868. The summed E-state index contributed by atoms with van der Waals surface area (Å²) in [7, 11) is 3.96. The van der Waals surface area contributed by atoms with Crippen molar-refractivity contribution >= 4 is 17.9 Å². The lowest BCUT2D eigenvalue weighted by atomic mass is 10.1. The molecule has 0 saturated carbocycles. The van der Waals surface area contributed by atoms with Gasteiger partial charge < -0.3 is 14.9 Å². The second kappa shape index (κ2) is 7.97. The molecule has 0 aromatic rings. The topological polar surface area (TPSA) is 90.0 Å². The largest absolute Gasteiger partial charge is 0.481 e. The van der Waals surface area contributed by atoms with E-state index < -0.39 is 5.97 Å². The summed E-state index contributed by atoms with van der Waals surface area (Å²) in [5.74, 6) is -0.838. The van der Waals surface area contributed by atoms with E-state index in [9.17, 15) is 14.4 Å². The lowest BCUT2D eigenvalue weighted by Gasteiger charge is -2.22. The number of unbranched alkanes of at least 4 members (excludes halogenated alkanes) is 1. The zero-order valence-corrected chi connectivity index (χ0v) is 13.0. The summed E-state index contributed by atoms with van der Waals surface area (Å²) in [5, 5.41) is 10.9. The number of nitrogens with zero attached hydrogens (tertiary/aromatic N) is 2. The Bertz CT molecular complexity index is 398. The lowest BCUT2D eigenvalue weighted by molar-refractivity contribution is -0.137. The maximum atomic E-state index is 12.0. The van der Waals surface area contributed by atoms with Crippen LogP contribution in [0.25, 0.3) is 0 Å². The Morgan fingerprint density at radius 1 is 1.19 bits per heavy atom. The first kappa shape index (κ1) is 17.4. The van der Waals surface area contributed by atoms with Crippen molar-refractivity contribution < 1.29 is 19.5 Å². The molecule has 1 heterocycles. The molecule has 120 valence electrons. The van der Waals surface area contributed by atoms with Crippen LogP contribution in [0.2, 0.25) is 0 Å². The molecule has 0 bridgehead atoms. The van der Waals surface area contributed by atoms with Crippen molar-refractivity contribution in [2.24, 2.45) is 5.92 Å². The normalized spacial score (nSPS) is 21.6. The zero-order valence-electron chi connectivity index (χ0n) is 13.0. The molecule has 1 rings (SSSR count). The summed E-state index contributed by atoms with van der Waals surface area (Å²) in [4.78, 5) is 37.7. The van der Waals surface area contributed by atoms with Crippen LogP contribution in [0.5, 0.6) is 0 Å². The van der Waals surface area contributed by atoms with Crippen LogP contribution in [0.1, 0.15) is 32.6 Å². The van der Waals surface area contributed by atoms with Crippen molar-refractivity contribution in [3.63, 3.8) is 0 Å². The van der Waals surface area contributed by atoms with Gasteiger partial charge in [-0.1, -0.05) is 6.92 Å². The number of amides is 3. The highest BCUT2D eigenvalue weighted by Crippen LogP contribution is 2.19. The van der Waals surface area contributed by atoms with Gasteiger partial charge in [0, 0.05) is 32.0 Å². The van der Waals surface area contributed by atoms with Crippen LogP contribution >= 0.6 is 0 Å². The molecule has 2 unspecified atom stereocenters. The number of carboxylic acids is 1. The summed E-state index contributed by atoms with van der Waals surface area (Å²) in [6, 6.07) is -0.0455. The molecule has 7 nitrogen and oxygen atoms in total. The molecule has 7 heteroatoms. The maximum Gasteiger partial charge on any atom is 0.324 e. The van der Waals surface area contributed by atoms with Gasteiger partial charge in [-0.2, -0.15) is 0 Å². The number of likely N-dealkylation sites (N-methyl/N-ethyl adjacent to an activating group) is 1. The minimum Gasteiger partial charge on any atom is -0.481 e. The van der Waals surface area contributed by atoms with E-state index in [1.54, 1.807) is 4.90 Å². The van der Waals surface area contributed by atoms with Gasteiger partial charge in [0.15, 0.2) is 0 Å². The van der Waals surface area contributed by atoms with Crippen molar-refractivity contribution in [1.29, 1.82) is 0 Å². The highest BCUT2D eigenvalue weighted by Gasteiger charge is 2.33. The van der Waals surface area contributed by atoms with Gasteiger partial charge >= 0.3 is 12.0 Å². The van der Waals surface area contributed by atoms with Gasteiger partial charge in [-0.25, -0.2) is 4.79 Å². The van der Waals surface area contributed by atoms with E-state index in [0.717, 1.165) is 0 Å². The first-order valence-electron chi connectivity index (χ1n) is 7.28. The fraction of sp³-hybridized carbons (Fsp3) is 0.786. The summed E-state index contributed by atoms with van der Waals surface area (Å²) >= 11 is 0. The van der Waals surface area contributed by atoms with E-state index in [2.05, 4.69) is 17.1 Å². The van der Waals surface area contributed by atoms with Crippen LogP contribution in [-0.2, 0) is 9.59 Å². The van der Waals surface area contributed by atoms with Crippen LogP contribution in [0, 0.1) is 5.92 Å². The van der Waals surface area contributed by atoms with Crippen LogP contribution in [-0.4, -0.2) is 66.0 Å². The summed E-state index contributed by atoms with van der Waals surface area (Å²) in [6.45, 7) is 3.35. The number of likely N-dealkylation sites (tertiary alicyclic amines) is 1. The number of urea groups is 1. The molecule has 1 fully saturated rings. The summed E-state index contributed by atoms with van der Waals surface area (Å²) in [5.41, 5.74) is 0. The van der Waals surface area contributed by atoms with Gasteiger partial charge in [-0.15, -0.1) is 0 Å². The van der Waals surface area contributed by atoms with Crippen molar-refractivity contribution in [2.75, 3.05) is 27.2 Å². The monoisotopic (exact) mass is 299 g/mol. The highest BCUT2D eigenvalue weighted by molar-refractivity contribution is 5.94. The molecule has 1 saturated heterocycles. The number of hydrogen-bond donors (Lipinski definition) is 2. The Hall–Kier alpha value is -1.63. The molecule has 0 spiro atoms. The van der Waals surface area contributed by atoms with Crippen molar-refractivity contribution in [3.8, 4) is 0 Å². The number of nitrogens with one attached hydrogen (secondary N) is 1. The first-order valence-corrected chi connectivity index (χ1v) is 7.28. The number of carboxylic acid groups (broad SMARTS) is 1. The average Bonchev–Trinajstić information content (AvgIpc) is 2.77. The molecular formula is C14H25N3O4. The molecule has 0 aliphatic carbocycles. The Morgan fingerprint density at radius 3 is 2.33 bits per heavy atom. The molecule has 0 aromatic heterocycles. The van der Waals surface area contributed by atoms with Crippen LogP contribution in [0.4, 0.5) is 4.79 Å². The van der Waals surface area contributed by atoms with E-state index in [1.165, 1.54) is 0 Å². The predicted molar refractivity (Wildman–Crippen MR) is 77.9 cm³/mol. The van der Waals surface area contributed by atoms with E-state index in [1.807, 2.05) is 14.1 Å². The van der Waals surface area contributed by atoms with Gasteiger partial charge in [0.05, 0.1) is 0 Å². The molecule has 0 aromatic carbocycles. The van der Waals surface area contributed by atoms with Gasteiger partial charge in [0.25, 0.3) is 0 Å². The third-order valence-electron chi connectivity index (χ3n) is 3.81. The maximum absolute atomic E-state index is 12.0. The standard InChI is InChI=1S/C14H25N3O4/c1-10-8-17(9-11(10)16(2)3)14(21)15-12(18)6-4-5-7-13(19)20/h10-11H,4-9H2,1-3H3,(H,19,20)(H,15,18,21). The number of carbonyl (C=O) groups excluding carboxylic acids is 2. The molecular weight excluding hydrogens is 274 g/mol. The number of hydrogen-bond acceptors (Lipinski definition) is 4. The number of rotatable bonds is 6. The molecule has 2 atom stereocenters. The smallest absolute Gasteiger partial charge is 0.324 e. The SMILES string of the molecule is CC1CN(C(=O)NC(=O)CCCCC(=O)O)CC1N(C)C. The summed E-state index contributed by atoms with van der Waals surface area (Å²) in [6.07, 6.45) is 1.15. The zero-order chi connectivity index (χ0) is 16.0. The van der Waals surface area contributed by atoms with E-state index in [-0.39, 0.29) is 24.8 Å². The number of aliphatic carboxylic acids is 1. The Kier molecular flexibility index (Phi) is 6.61. The first-order chi connectivity index (χ1) is 9.81. The third-order valence-corrected chi connectivity index (χ3v) is 3.81.